The van der Waals surface area contributed by atoms with Crippen LogP contribution in [0.15, 0.2) is 61.4 Å². The summed E-state index contributed by atoms with van der Waals surface area (Å²) in [6.45, 7) is 6.95. The largest absolute Gasteiger partial charge is 0.501 e. The van der Waals surface area contributed by atoms with E-state index < -0.39 is 0 Å². The number of allylic oxidation sites excluding steroid dienone is 4. The minimum absolute atomic E-state index is 0.792. The maximum absolute atomic E-state index is 5.30. The van der Waals surface area contributed by atoms with E-state index in [0.717, 1.165) is 30.6 Å². The fourth-order valence-corrected chi connectivity index (χ4v) is 1.32. The van der Waals surface area contributed by atoms with E-state index in [1.54, 1.807) is 6.26 Å². The lowest BCUT2D eigenvalue weighted by atomic mass is 10.1. The van der Waals surface area contributed by atoms with Crippen molar-refractivity contribution in [3.05, 3.63) is 67.0 Å². The highest BCUT2D eigenvalue weighted by atomic mass is 16.5. The van der Waals surface area contributed by atoms with E-state index in [1.807, 2.05) is 48.6 Å². The van der Waals surface area contributed by atoms with Gasteiger partial charge in [-0.2, -0.15) is 0 Å². The van der Waals surface area contributed by atoms with Crippen molar-refractivity contribution in [3.8, 4) is 0 Å². The molecule has 0 atom stereocenters. The Hall–Kier alpha value is -1.76. The third-order valence-electron chi connectivity index (χ3n) is 2.34. The standard InChI is InChI=1S/C16H20O/c1-3-4-13-17-14-9-8-10-15(2)16-11-6-5-7-12-16/h5-12,14H,2-4,13H2,1H3/b10-8+,14-9+. The summed E-state index contributed by atoms with van der Waals surface area (Å²) in [7, 11) is 0. The van der Waals surface area contributed by atoms with Crippen molar-refractivity contribution in [2.45, 2.75) is 19.8 Å². The average molecular weight is 228 g/mol. The van der Waals surface area contributed by atoms with Crippen LogP contribution in [0.25, 0.3) is 5.57 Å². The van der Waals surface area contributed by atoms with Crippen LogP contribution in [0.4, 0.5) is 0 Å². The molecule has 90 valence electrons. The van der Waals surface area contributed by atoms with Crippen LogP contribution < -0.4 is 0 Å². The molecule has 1 aromatic rings. The molecule has 0 saturated carbocycles. The first-order chi connectivity index (χ1) is 8.34. The summed E-state index contributed by atoms with van der Waals surface area (Å²) in [5.41, 5.74) is 2.15. The lowest BCUT2D eigenvalue weighted by Gasteiger charge is -1.98. The van der Waals surface area contributed by atoms with Gasteiger partial charge in [0.25, 0.3) is 0 Å². The van der Waals surface area contributed by atoms with E-state index in [1.165, 1.54) is 0 Å². The Morgan fingerprint density at radius 3 is 2.71 bits per heavy atom. The number of hydrogen-bond donors (Lipinski definition) is 0. The Kier molecular flexibility index (Phi) is 6.57. The van der Waals surface area contributed by atoms with Gasteiger partial charge in [0, 0.05) is 0 Å². The smallest absolute Gasteiger partial charge is 0.0873 e. The van der Waals surface area contributed by atoms with E-state index in [9.17, 15) is 0 Å². The zero-order chi connectivity index (χ0) is 12.3. The van der Waals surface area contributed by atoms with Crippen LogP contribution in [0.2, 0.25) is 0 Å². The molecule has 0 heterocycles. The van der Waals surface area contributed by atoms with E-state index in [-0.39, 0.29) is 0 Å². The van der Waals surface area contributed by atoms with Gasteiger partial charge in [-0.1, -0.05) is 62.4 Å². The highest BCUT2D eigenvalue weighted by Gasteiger charge is 1.90. The summed E-state index contributed by atoms with van der Waals surface area (Å²) in [4.78, 5) is 0. The van der Waals surface area contributed by atoms with Crippen LogP contribution >= 0.6 is 0 Å². The molecular weight excluding hydrogens is 208 g/mol. The molecule has 0 bridgehead atoms. The van der Waals surface area contributed by atoms with Crippen LogP contribution in [0, 0.1) is 0 Å². The monoisotopic (exact) mass is 228 g/mol. The summed E-state index contributed by atoms with van der Waals surface area (Å²) in [5.74, 6) is 0. The van der Waals surface area contributed by atoms with Gasteiger partial charge in [0.05, 0.1) is 12.9 Å². The van der Waals surface area contributed by atoms with E-state index >= 15 is 0 Å². The molecule has 0 N–H and O–H groups in total. The lowest BCUT2D eigenvalue weighted by Crippen LogP contribution is -1.84. The Labute approximate surface area is 104 Å². The number of rotatable bonds is 7. The highest BCUT2D eigenvalue weighted by Crippen LogP contribution is 2.12. The molecule has 0 aromatic heterocycles. The van der Waals surface area contributed by atoms with Crippen molar-refractivity contribution in [3.63, 3.8) is 0 Å². The summed E-state index contributed by atoms with van der Waals surface area (Å²) in [6, 6.07) is 10.1. The summed E-state index contributed by atoms with van der Waals surface area (Å²) >= 11 is 0. The first kappa shape index (κ1) is 13.3. The number of hydrogen-bond acceptors (Lipinski definition) is 1. The van der Waals surface area contributed by atoms with Crippen LogP contribution in [-0.2, 0) is 4.74 Å². The molecule has 17 heavy (non-hydrogen) atoms. The molecule has 1 aromatic carbocycles. The molecule has 1 rings (SSSR count). The van der Waals surface area contributed by atoms with Crippen molar-refractivity contribution in [1.29, 1.82) is 0 Å². The van der Waals surface area contributed by atoms with Crippen molar-refractivity contribution >= 4 is 5.57 Å². The van der Waals surface area contributed by atoms with Gasteiger partial charge in [-0.05, 0) is 23.6 Å². The summed E-state index contributed by atoms with van der Waals surface area (Å²) < 4.78 is 5.30. The minimum atomic E-state index is 0.792. The van der Waals surface area contributed by atoms with Crippen LogP contribution in [0.3, 0.4) is 0 Å². The van der Waals surface area contributed by atoms with Crippen LogP contribution in [0.1, 0.15) is 25.3 Å². The molecule has 0 unspecified atom stereocenters. The van der Waals surface area contributed by atoms with Gasteiger partial charge in [0.2, 0.25) is 0 Å². The Morgan fingerprint density at radius 1 is 1.24 bits per heavy atom. The molecule has 0 amide bonds. The molecule has 0 aliphatic carbocycles. The van der Waals surface area contributed by atoms with Crippen molar-refractivity contribution in [2.24, 2.45) is 0 Å². The second-order valence-electron chi connectivity index (χ2n) is 3.80. The van der Waals surface area contributed by atoms with Gasteiger partial charge in [0.15, 0.2) is 0 Å². The number of benzene rings is 1. The predicted molar refractivity (Wildman–Crippen MR) is 74.6 cm³/mol. The van der Waals surface area contributed by atoms with Gasteiger partial charge in [-0.3, -0.25) is 0 Å². The van der Waals surface area contributed by atoms with Crippen LogP contribution in [0.5, 0.6) is 0 Å². The zero-order valence-corrected chi connectivity index (χ0v) is 10.4. The Balaban J connectivity index is 2.32. The van der Waals surface area contributed by atoms with Crippen LogP contribution in [-0.4, -0.2) is 6.61 Å². The molecule has 1 nitrogen and oxygen atoms in total. The molecule has 0 radical (unpaired) electrons. The van der Waals surface area contributed by atoms with Gasteiger partial charge >= 0.3 is 0 Å². The number of ether oxygens (including phenoxy) is 1. The second kappa shape index (κ2) is 8.40. The minimum Gasteiger partial charge on any atom is -0.501 e. The van der Waals surface area contributed by atoms with E-state index in [2.05, 4.69) is 13.5 Å². The third-order valence-corrected chi connectivity index (χ3v) is 2.34. The maximum Gasteiger partial charge on any atom is 0.0873 e. The third kappa shape index (κ3) is 5.76. The van der Waals surface area contributed by atoms with Crippen molar-refractivity contribution < 1.29 is 4.74 Å². The molecule has 1 heteroatoms. The highest BCUT2D eigenvalue weighted by molar-refractivity contribution is 5.72. The first-order valence-electron chi connectivity index (χ1n) is 6.03. The molecule has 0 aliphatic rings. The molecular formula is C16H20O. The second-order valence-corrected chi connectivity index (χ2v) is 3.80. The fourth-order valence-electron chi connectivity index (χ4n) is 1.32. The molecule has 0 fully saturated rings. The first-order valence-corrected chi connectivity index (χ1v) is 6.03. The summed E-state index contributed by atoms with van der Waals surface area (Å²) in [6.07, 6.45) is 9.81. The lowest BCUT2D eigenvalue weighted by molar-refractivity contribution is 0.244. The van der Waals surface area contributed by atoms with Gasteiger partial charge in [0.1, 0.15) is 0 Å². The average Bonchev–Trinajstić information content (AvgIpc) is 2.38. The Morgan fingerprint density at radius 2 is 2.00 bits per heavy atom. The molecule has 0 saturated heterocycles. The summed E-state index contributed by atoms with van der Waals surface area (Å²) in [5, 5.41) is 0. The fraction of sp³-hybridized carbons (Fsp3) is 0.250. The molecule has 0 aliphatic heterocycles. The van der Waals surface area contributed by atoms with Gasteiger partial charge in [-0.15, -0.1) is 0 Å². The van der Waals surface area contributed by atoms with E-state index in [0.29, 0.717) is 0 Å². The zero-order valence-electron chi connectivity index (χ0n) is 10.4. The Bertz CT molecular complexity index is 374. The van der Waals surface area contributed by atoms with E-state index in [4.69, 9.17) is 4.74 Å². The van der Waals surface area contributed by atoms with Gasteiger partial charge in [-0.25, -0.2) is 0 Å². The quantitative estimate of drug-likeness (QED) is 0.377. The normalized spacial score (nSPS) is 11.1. The van der Waals surface area contributed by atoms with Crippen molar-refractivity contribution in [1.82, 2.24) is 0 Å². The topological polar surface area (TPSA) is 9.23 Å². The molecule has 0 spiro atoms. The number of unbranched alkanes of at least 4 members (excludes halogenated alkanes) is 1. The van der Waals surface area contributed by atoms with Gasteiger partial charge < -0.3 is 4.74 Å². The maximum atomic E-state index is 5.30. The van der Waals surface area contributed by atoms with Crippen molar-refractivity contribution in [2.75, 3.05) is 6.61 Å². The predicted octanol–water partition coefficient (Wildman–Crippen LogP) is 4.59. The SMILES string of the molecule is C=C(/C=C/C=C/OCCCC)c1ccccc1.